The van der Waals surface area contributed by atoms with Gasteiger partial charge in [-0.2, -0.15) is 0 Å². The number of halogens is 1. The van der Waals surface area contributed by atoms with Crippen LogP contribution in [0.1, 0.15) is 105 Å². The van der Waals surface area contributed by atoms with Crippen LogP contribution in [-0.4, -0.2) is 23.0 Å². The summed E-state index contributed by atoms with van der Waals surface area (Å²) in [5, 5.41) is 10.3. The summed E-state index contributed by atoms with van der Waals surface area (Å²) in [7, 11) is 0. The number of aliphatic hydroxyl groups excluding tert-OH is 1. The third kappa shape index (κ3) is 3.73. The van der Waals surface area contributed by atoms with E-state index >= 15 is 0 Å². The molecule has 5 unspecified atom stereocenters. The van der Waals surface area contributed by atoms with Crippen molar-refractivity contribution in [3.8, 4) is 0 Å². The Hall–Kier alpha value is 0.690. The Morgan fingerprint density at radius 2 is 1.75 bits per heavy atom. The van der Waals surface area contributed by atoms with Crippen LogP contribution in [0.25, 0.3) is 0 Å². The summed E-state index contributed by atoms with van der Waals surface area (Å²) in [4.78, 5) is 0. The van der Waals surface area contributed by atoms with Crippen LogP contribution >= 0.6 is 19.8 Å². The van der Waals surface area contributed by atoms with E-state index in [0.29, 0.717) is 5.41 Å². The van der Waals surface area contributed by atoms with Gasteiger partial charge in [-0.25, -0.2) is 0 Å². The third-order valence-electron chi connectivity index (χ3n) is 9.94. The fraction of sp³-hybridized carbons (Fsp3) is 1.00. The summed E-state index contributed by atoms with van der Waals surface area (Å²) in [6.45, 7) is 12.8. The normalized spacial score (nSPS) is 48.1. The fourth-order valence-electron chi connectivity index (χ4n) is 8.20. The number of alkyl halides is 3. The maximum atomic E-state index is 10.3. The molecule has 1 N–H and O–H groups in total. The molecule has 0 aromatic carbocycles. The quantitative estimate of drug-likeness (QED) is 0.305. The van der Waals surface area contributed by atoms with Gasteiger partial charge in [-0.05, 0) is 0 Å². The van der Waals surface area contributed by atoms with Gasteiger partial charge in [-0.1, -0.05) is 0 Å². The molecular formula is C26H47IO. The summed E-state index contributed by atoms with van der Waals surface area (Å²) in [6, 6.07) is 0. The Morgan fingerprint density at radius 3 is 2.50 bits per heavy atom. The molecule has 1 nitrogen and oxygen atoms in total. The summed E-state index contributed by atoms with van der Waals surface area (Å²) in [5.41, 5.74) is 0.571. The Balaban J connectivity index is 1.46. The molecule has 164 valence electrons. The molecule has 0 spiro atoms. The SMILES string of the molecule is CC(C)CCCC(C)[C@H]1CCI2C3CC[C@@H]4C[C@@H](O)CCC4(C)C3CCC12C. The Kier molecular flexibility index (Phi) is 6.51. The van der Waals surface area contributed by atoms with Crippen molar-refractivity contribution in [1.29, 1.82) is 0 Å². The van der Waals surface area contributed by atoms with E-state index < -0.39 is 19.8 Å². The number of rotatable bonds is 5. The van der Waals surface area contributed by atoms with Crippen molar-refractivity contribution >= 4 is 19.8 Å². The number of fused-ring (bicyclic) bond motifs is 5. The van der Waals surface area contributed by atoms with E-state index in [4.69, 9.17) is 0 Å². The van der Waals surface area contributed by atoms with E-state index in [1.807, 2.05) is 0 Å². The van der Waals surface area contributed by atoms with Crippen molar-refractivity contribution in [2.45, 2.75) is 119 Å². The van der Waals surface area contributed by atoms with Gasteiger partial charge < -0.3 is 0 Å². The second-order valence-electron chi connectivity index (χ2n) is 11.9. The molecule has 4 aliphatic rings. The van der Waals surface area contributed by atoms with E-state index in [1.165, 1.54) is 44.9 Å². The first-order chi connectivity index (χ1) is 13.3. The van der Waals surface area contributed by atoms with Crippen LogP contribution in [0.5, 0.6) is 0 Å². The molecular weight excluding hydrogens is 455 g/mol. The van der Waals surface area contributed by atoms with Crippen molar-refractivity contribution in [2.75, 3.05) is 4.43 Å². The van der Waals surface area contributed by atoms with Crippen LogP contribution in [0.2, 0.25) is 0 Å². The molecule has 28 heavy (non-hydrogen) atoms. The number of hydrogen-bond acceptors (Lipinski definition) is 1. The van der Waals surface area contributed by atoms with Gasteiger partial charge in [-0.3, -0.25) is 0 Å². The second kappa shape index (κ2) is 8.32. The van der Waals surface area contributed by atoms with Gasteiger partial charge in [0.1, 0.15) is 0 Å². The first-order valence-electron chi connectivity index (χ1n) is 12.6. The summed E-state index contributed by atoms with van der Waals surface area (Å²) in [5.74, 6) is 4.72. The Labute approximate surface area is 182 Å². The maximum absolute atomic E-state index is 10.3. The molecule has 4 rings (SSSR count). The van der Waals surface area contributed by atoms with Crippen molar-refractivity contribution < 1.29 is 5.11 Å². The van der Waals surface area contributed by atoms with Gasteiger partial charge in [0.15, 0.2) is 0 Å². The molecule has 0 radical (unpaired) electrons. The van der Waals surface area contributed by atoms with Gasteiger partial charge in [0.2, 0.25) is 0 Å². The first-order valence-corrected chi connectivity index (χ1v) is 16.4. The fourth-order valence-corrected chi connectivity index (χ4v) is 19.7. The zero-order valence-corrected chi connectivity index (χ0v) is 21.5. The zero-order valence-electron chi connectivity index (χ0n) is 19.4. The number of hydrogen-bond donors (Lipinski definition) is 1. The Morgan fingerprint density at radius 1 is 0.964 bits per heavy atom. The molecule has 0 bridgehead atoms. The van der Waals surface area contributed by atoms with Crippen molar-refractivity contribution in [3.63, 3.8) is 0 Å². The molecule has 2 saturated carbocycles. The minimum absolute atomic E-state index is 0.00448. The average molecular weight is 503 g/mol. The molecule has 2 aliphatic carbocycles. The van der Waals surface area contributed by atoms with E-state index in [9.17, 15) is 5.11 Å². The summed E-state index contributed by atoms with van der Waals surface area (Å²) < 4.78 is 3.59. The van der Waals surface area contributed by atoms with Gasteiger partial charge in [0.05, 0.1) is 0 Å². The molecule has 4 fully saturated rings. The van der Waals surface area contributed by atoms with Crippen LogP contribution in [0.15, 0.2) is 0 Å². The predicted octanol–water partition coefficient (Wildman–Crippen LogP) is 7.47. The van der Waals surface area contributed by atoms with E-state index in [1.54, 1.807) is 17.3 Å². The number of aliphatic hydroxyl groups is 1. The molecule has 2 heteroatoms. The molecule has 0 amide bonds. The van der Waals surface area contributed by atoms with Crippen LogP contribution in [0.4, 0.5) is 0 Å². The van der Waals surface area contributed by atoms with Crippen LogP contribution in [0, 0.1) is 35.0 Å². The van der Waals surface area contributed by atoms with Crippen LogP contribution in [0.3, 0.4) is 0 Å². The first kappa shape index (κ1) is 21.9. The molecule has 2 saturated heterocycles. The van der Waals surface area contributed by atoms with Gasteiger partial charge in [0.25, 0.3) is 0 Å². The standard InChI is InChI=1S/C26H47IO/c1-18(2)7-6-8-19(3)22-13-16-27-24-10-9-20-17-21(28)11-14-25(20,4)23(24)12-15-26(22,27)5/h18-24,28H,6-17H2,1-5H3/t19?,20-,21+,22-,23?,24?,25?,26?/m1/s1. The van der Waals surface area contributed by atoms with Crippen LogP contribution in [-0.2, 0) is 0 Å². The Bertz CT molecular complexity index is 547. The zero-order chi connectivity index (χ0) is 20.1. The minimum atomic E-state index is -0.915. The van der Waals surface area contributed by atoms with Crippen molar-refractivity contribution in [1.82, 2.24) is 0 Å². The molecule has 2 heterocycles. The van der Waals surface area contributed by atoms with E-state index in [2.05, 4.69) is 34.6 Å². The van der Waals surface area contributed by atoms with Gasteiger partial charge >= 0.3 is 183 Å². The topological polar surface area (TPSA) is 20.2 Å². The molecule has 0 aromatic heterocycles. The van der Waals surface area contributed by atoms with Crippen molar-refractivity contribution in [3.05, 3.63) is 0 Å². The predicted molar refractivity (Wildman–Crippen MR) is 130 cm³/mol. The average Bonchev–Trinajstić information content (AvgIpc) is 2.99. The third-order valence-corrected chi connectivity index (χ3v) is 19.7. The van der Waals surface area contributed by atoms with Gasteiger partial charge in [0, 0.05) is 0 Å². The molecule has 8 atom stereocenters. The van der Waals surface area contributed by atoms with Crippen LogP contribution < -0.4 is 0 Å². The molecule has 2 aliphatic heterocycles. The second-order valence-corrected chi connectivity index (χ2v) is 19.3. The monoisotopic (exact) mass is 502 g/mol. The summed E-state index contributed by atoms with van der Waals surface area (Å²) >= 11 is -0.915. The van der Waals surface area contributed by atoms with Crippen molar-refractivity contribution in [2.24, 2.45) is 35.0 Å². The summed E-state index contributed by atoms with van der Waals surface area (Å²) in [6.07, 6.45) is 15.5. The van der Waals surface area contributed by atoms with Gasteiger partial charge in [-0.15, -0.1) is 0 Å². The van der Waals surface area contributed by atoms with E-state index in [-0.39, 0.29) is 6.10 Å². The van der Waals surface area contributed by atoms with E-state index in [0.717, 1.165) is 49.8 Å². The molecule has 0 aromatic rings.